The Bertz CT molecular complexity index is 1040. The molecule has 2 aromatic rings. The summed E-state index contributed by atoms with van der Waals surface area (Å²) in [4.78, 5) is 36.7. The van der Waals surface area contributed by atoms with Crippen LogP contribution < -0.4 is 15.5 Å². The van der Waals surface area contributed by atoms with E-state index in [1.165, 1.54) is 5.56 Å². The van der Waals surface area contributed by atoms with E-state index in [-0.39, 0.29) is 17.7 Å². The number of piperazine rings is 1. The summed E-state index contributed by atoms with van der Waals surface area (Å²) < 4.78 is 0. The number of hydrogen-bond acceptors (Lipinski definition) is 6. The molecule has 8 nitrogen and oxygen atoms in total. The zero-order valence-corrected chi connectivity index (χ0v) is 21.4. The van der Waals surface area contributed by atoms with Gasteiger partial charge in [0.1, 0.15) is 0 Å². The molecule has 8 heteroatoms. The Labute approximate surface area is 214 Å². The fraction of sp³-hybridized carbons (Fsp3) is 0.536. The van der Waals surface area contributed by atoms with E-state index in [2.05, 4.69) is 56.3 Å². The number of piperidine rings is 1. The third-order valence-corrected chi connectivity index (χ3v) is 8.13. The number of pyridine rings is 1. The summed E-state index contributed by atoms with van der Waals surface area (Å²) in [6, 6.07) is 12.2. The zero-order chi connectivity index (χ0) is 25.1. The minimum absolute atomic E-state index is 0.00260. The van der Waals surface area contributed by atoms with Crippen molar-refractivity contribution in [3.05, 3.63) is 54.4 Å². The van der Waals surface area contributed by atoms with Crippen LogP contribution in [0.25, 0.3) is 0 Å². The van der Waals surface area contributed by atoms with Crippen LogP contribution in [0.3, 0.4) is 0 Å². The Morgan fingerprint density at radius 1 is 1.00 bits per heavy atom. The van der Waals surface area contributed by atoms with Crippen LogP contribution in [-0.2, 0) is 9.59 Å². The second-order valence-corrected chi connectivity index (χ2v) is 10.8. The van der Waals surface area contributed by atoms with Crippen LogP contribution in [0, 0.1) is 5.92 Å². The quantitative estimate of drug-likeness (QED) is 0.648. The van der Waals surface area contributed by atoms with E-state index in [9.17, 15) is 9.59 Å². The highest BCUT2D eigenvalue weighted by Gasteiger charge is 2.39. The number of likely N-dealkylation sites (tertiary alicyclic amines) is 1. The lowest BCUT2D eigenvalue weighted by Gasteiger charge is -2.44. The summed E-state index contributed by atoms with van der Waals surface area (Å²) in [6.45, 7) is 10.9. The first-order valence-electron chi connectivity index (χ1n) is 13.2. The van der Waals surface area contributed by atoms with Crippen molar-refractivity contribution < 1.29 is 9.59 Å². The second kappa shape index (κ2) is 10.6. The molecule has 3 aliphatic heterocycles. The number of rotatable bonds is 6. The predicted molar refractivity (Wildman–Crippen MR) is 142 cm³/mol. The number of anilines is 2. The molecule has 192 valence electrons. The predicted octanol–water partition coefficient (Wildman–Crippen LogP) is 2.55. The molecule has 4 heterocycles. The van der Waals surface area contributed by atoms with Gasteiger partial charge in [0.2, 0.25) is 11.8 Å². The van der Waals surface area contributed by atoms with E-state index >= 15 is 0 Å². The number of carbonyl (C=O) groups excluding carboxylic acids is 2. The molecular formula is C28H38N6O2. The van der Waals surface area contributed by atoms with Gasteiger partial charge in [-0.15, -0.1) is 0 Å². The lowest BCUT2D eigenvalue weighted by Crippen LogP contribution is -2.61. The fourth-order valence-electron chi connectivity index (χ4n) is 5.64. The molecule has 0 bridgehead atoms. The molecule has 0 spiro atoms. The van der Waals surface area contributed by atoms with Gasteiger partial charge in [-0.25, -0.2) is 0 Å². The largest absolute Gasteiger partial charge is 0.369 e. The minimum atomic E-state index is -0.454. The molecule has 0 atom stereocenters. The summed E-state index contributed by atoms with van der Waals surface area (Å²) >= 11 is 0. The second-order valence-electron chi connectivity index (χ2n) is 10.8. The number of nitrogens with zero attached hydrogens (tertiary/aromatic N) is 4. The van der Waals surface area contributed by atoms with E-state index in [4.69, 9.17) is 0 Å². The molecule has 2 N–H and O–H groups in total. The summed E-state index contributed by atoms with van der Waals surface area (Å²) in [7, 11) is 0. The number of carbonyl (C=O) groups is 2. The molecule has 3 fully saturated rings. The van der Waals surface area contributed by atoms with Crippen molar-refractivity contribution in [3.8, 4) is 0 Å². The van der Waals surface area contributed by atoms with Gasteiger partial charge in [-0.05, 0) is 62.4 Å². The molecule has 0 radical (unpaired) electrons. The van der Waals surface area contributed by atoms with Crippen LogP contribution in [-0.4, -0.2) is 84.5 Å². The Hall–Kier alpha value is -2.97. The molecule has 36 heavy (non-hydrogen) atoms. The van der Waals surface area contributed by atoms with Gasteiger partial charge in [0.15, 0.2) is 0 Å². The Morgan fingerprint density at radius 2 is 1.69 bits per heavy atom. The van der Waals surface area contributed by atoms with Crippen molar-refractivity contribution in [1.82, 2.24) is 20.1 Å². The third kappa shape index (κ3) is 5.25. The lowest BCUT2D eigenvalue weighted by atomic mass is 9.88. The van der Waals surface area contributed by atoms with Crippen LogP contribution >= 0.6 is 0 Å². The molecule has 2 amide bonds. The molecule has 0 saturated carbocycles. The van der Waals surface area contributed by atoms with Gasteiger partial charge in [-0.1, -0.05) is 12.1 Å². The van der Waals surface area contributed by atoms with E-state index in [1.54, 1.807) is 6.20 Å². The van der Waals surface area contributed by atoms with Crippen molar-refractivity contribution in [2.24, 2.45) is 5.92 Å². The molecule has 3 aliphatic rings. The fourth-order valence-corrected chi connectivity index (χ4v) is 5.64. The van der Waals surface area contributed by atoms with Crippen LogP contribution in [0.5, 0.6) is 0 Å². The molecule has 5 rings (SSSR count). The maximum Gasteiger partial charge on any atom is 0.242 e. The van der Waals surface area contributed by atoms with Crippen molar-refractivity contribution in [3.63, 3.8) is 0 Å². The van der Waals surface area contributed by atoms with E-state index in [0.29, 0.717) is 5.92 Å². The first-order valence-corrected chi connectivity index (χ1v) is 13.2. The van der Waals surface area contributed by atoms with Crippen LogP contribution in [0.15, 0.2) is 48.8 Å². The maximum absolute atomic E-state index is 13.3. The van der Waals surface area contributed by atoms with Crippen molar-refractivity contribution in [1.29, 1.82) is 0 Å². The number of hydrogen-bond donors (Lipinski definition) is 2. The standard InChI is InChI=1S/C28H38N6O2/c1-28(2,34-16-12-29-13-17-34)27(36)32-14-9-22(10-15-32)21-5-7-24(8-6-21)31-26(35)23-19-33(20-23)25-4-3-11-30-18-25/h3-8,11,18,22-23,29H,9-10,12-17,19-20H2,1-2H3,(H,31,35). The maximum atomic E-state index is 13.3. The van der Waals surface area contributed by atoms with Gasteiger partial charge in [0.05, 0.1) is 23.3 Å². The van der Waals surface area contributed by atoms with E-state index in [0.717, 1.165) is 76.6 Å². The van der Waals surface area contributed by atoms with Gasteiger partial charge in [0.25, 0.3) is 0 Å². The molecule has 0 unspecified atom stereocenters. The normalized spacial score (nSPS) is 20.2. The Balaban J connectivity index is 1.09. The van der Waals surface area contributed by atoms with Crippen LogP contribution in [0.1, 0.15) is 38.2 Å². The van der Waals surface area contributed by atoms with Crippen molar-refractivity contribution in [2.45, 2.75) is 38.1 Å². The van der Waals surface area contributed by atoms with Crippen molar-refractivity contribution in [2.75, 3.05) is 62.6 Å². The van der Waals surface area contributed by atoms with Gasteiger partial charge in [-0.2, -0.15) is 0 Å². The highest BCUT2D eigenvalue weighted by Crippen LogP contribution is 2.31. The highest BCUT2D eigenvalue weighted by molar-refractivity contribution is 5.94. The summed E-state index contributed by atoms with van der Waals surface area (Å²) in [5.74, 6) is 0.763. The molecule has 1 aromatic heterocycles. The van der Waals surface area contributed by atoms with Gasteiger partial charge < -0.3 is 20.4 Å². The number of nitrogens with one attached hydrogen (secondary N) is 2. The first kappa shape index (κ1) is 24.7. The zero-order valence-electron chi connectivity index (χ0n) is 21.4. The molecular weight excluding hydrogens is 452 g/mol. The summed E-state index contributed by atoms with van der Waals surface area (Å²) in [6.07, 6.45) is 5.54. The van der Waals surface area contributed by atoms with Gasteiger partial charge >= 0.3 is 0 Å². The average molecular weight is 491 g/mol. The van der Waals surface area contributed by atoms with Gasteiger partial charge in [-0.3, -0.25) is 19.5 Å². The number of amides is 2. The average Bonchev–Trinajstić information content (AvgIpc) is 2.89. The summed E-state index contributed by atoms with van der Waals surface area (Å²) in [5, 5.41) is 6.44. The molecule has 0 aliphatic carbocycles. The Morgan fingerprint density at radius 3 is 2.33 bits per heavy atom. The number of aromatic nitrogens is 1. The van der Waals surface area contributed by atoms with Gasteiger partial charge in [0, 0.05) is 64.2 Å². The highest BCUT2D eigenvalue weighted by atomic mass is 16.2. The SMILES string of the molecule is CC(C)(C(=O)N1CCC(c2ccc(NC(=O)C3CN(c4cccnc4)C3)cc2)CC1)N1CCNCC1. The lowest BCUT2D eigenvalue weighted by molar-refractivity contribution is -0.144. The first-order chi connectivity index (χ1) is 17.4. The molecule has 1 aromatic carbocycles. The molecule has 3 saturated heterocycles. The van der Waals surface area contributed by atoms with Crippen molar-refractivity contribution >= 4 is 23.2 Å². The van der Waals surface area contributed by atoms with E-state index in [1.807, 2.05) is 30.5 Å². The smallest absolute Gasteiger partial charge is 0.242 e. The third-order valence-electron chi connectivity index (χ3n) is 8.13. The minimum Gasteiger partial charge on any atom is -0.369 e. The van der Waals surface area contributed by atoms with Crippen LogP contribution in [0.4, 0.5) is 11.4 Å². The van der Waals surface area contributed by atoms with Crippen LogP contribution in [0.2, 0.25) is 0 Å². The Kier molecular flexibility index (Phi) is 7.25. The number of benzene rings is 1. The summed E-state index contributed by atoms with van der Waals surface area (Å²) in [5.41, 5.74) is 2.73. The topological polar surface area (TPSA) is 80.8 Å². The monoisotopic (exact) mass is 490 g/mol. The van der Waals surface area contributed by atoms with E-state index < -0.39 is 5.54 Å².